The zero-order chi connectivity index (χ0) is 28.7. The van der Waals surface area contributed by atoms with Gasteiger partial charge in [-0.25, -0.2) is 8.42 Å². The number of anilines is 1. The van der Waals surface area contributed by atoms with Crippen LogP contribution in [-0.4, -0.2) is 43.8 Å². The van der Waals surface area contributed by atoms with Gasteiger partial charge in [-0.15, -0.1) is 0 Å². The molecule has 3 aromatic carbocycles. The maximum absolute atomic E-state index is 13.9. The smallest absolute Gasteiger partial charge is 0.264 e. The number of benzene rings is 3. The molecule has 3 aromatic rings. The Morgan fingerprint density at radius 1 is 0.974 bits per heavy atom. The number of carbonyl (C=O) groups is 2. The third-order valence-electron chi connectivity index (χ3n) is 6.22. The molecular formula is C28H30BrCl2N3O4S. The van der Waals surface area contributed by atoms with E-state index in [1.165, 1.54) is 35.2 Å². The highest BCUT2D eigenvalue weighted by molar-refractivity contribution is 9.10. The van der Waals surface area contributed by atoms with E-state index in [1.807, 2.05) is 38.1 Å². The number of carbonyl (C=O) groups excluding carboxylic acids is 2. The Morgan fingerprint density at radius 2 is 1.62 bits per heavy atom. The average Bonchev–Trinajstić information content (AvgIpc) is 2.92. The van der Waals surface area contributed by atoms with E-state index < -0.39 is 28.5 Å². The second-order valence-corrected chi connectivity index (χ2v) is 12.7. The molecule has 0 unspecified atom stereocenters. The van der Waals surface area contributed by atoms with Crippen molar-refractivity contribution in [1.82, 2.24) is 10.2 Å². The van der Waals surface area contributed by atoms with Crippen LogP contribution >= 0.6 is 39.1 Å². The summed E-state index contributed by atoms with van der Waals surface area (Å²) in [5.74, 6) is -0.923. The van der Waals surface area contributed by atoms with E-state index in [-0.39, 0.29) is 39.1 Å². The molecule has 0 fully saturated rings. The van der Waals surface area contributed by atoms with Crippen molar-refractivity contribution in [3.05, 3.63) is 92.9 Å². The normalized spacial score (nSPS) is 12.9. The van der Waals surface area contributed by atoms with Crippen LogP contribution in [0.15, 0.2) is 82.2 Å². The first-order chi connectivity index (χ1) is 18.4. The lowest BCUT2D eigenvalue weighted by atomic mass is 10.1. The summed E-state index contributed by atoms with van der Waals surface area (Å²) in [5.41, 5.74) is 0.828. The molecule has 208 valence electrons. The van der Waals surface area contributed by atoms with Gasteiger partial charge in [0.2, 0.25) is 11.8 Å². The van der Waals surface area contributed by atoms with Crippen LogP contribution in [0.25, 0.3) is 0 Å². The first kappa shape index (κ1) is 30.9. The molecule has 7 nitrogen and oxygen atoms in total. The number of nitrogens with zero attached hydrogens (tertiary/aromatic N) is 2. The van der Waals surface area contributed by atoms with Gasteiger partial charge in [0.15, 0.2) is 0 Å². The Hall–Kier alpha value is -2.59. The number of amides is 2. The van der Waals surface area contributed by atoms with Crippen LogP contribution in [-0.2, 0) is 26.2 Å². The van der Waals surface area contributed by atoms with Gasteiger partial charge in [0.05, 0.1) is 15.6 Å². The summed E-state index contributed by atoms with van der Waals surface area (Å²) in [6.45, 7) is 4.93. The molecule has 0 saturated carbocycles. The Morgan fingerprint density at radius 3 is 2.23 bits per heavy atom. The van der Waals surface area contributed by atoms with E-state index in [0.717, 1.165) is 20.8 Å². The lowest BCUT2D eigenvalue weighted by Crippen LogP contribution is -2.52. The molecule has 0 saturated heterocycles. The second-order valence-electron chi connectivity index (χ2n) is 9.06. The number of sulfonamides is 1. The average molecular weight is 655 g/mol. The Labute approximate surface area is 248 Å². The molecule has 0 heterocycles. The van der Waals surface area contributed by atoms with E-state index >= 15 is 0 Å². The van der Waals surface area contributed by atoms with Crippen LogP contribution in [0.5, 0.6) is 0 Å². The van der Waals surface area contributed by atoms with Crippen molar-refractivity contribution in [2.24, 2.45) is 0 Å². The predicted octanol–water partition coefficient (Wildman–Crippen LogP) is 6.28. The fourth-order valence-corrected chi connectivity index (χ4v) is 5.89. The number of nitrogens with one attached hydrogen (secondary N) is 1. The van der Waals surface area contributed by atoms with Crippen molar-refractivity contribution < 1.29 is 18.0 Å². The first-order valence-electron chi connectivity index (χ1n) is 12.3. The molecule has 39 heavy (non-hydrogen) atoms. The molecule has 0 aromatic heterocycles. The quantitative estimate of drug-likeness (QED) is 0.264. The van der Waals surface area contributed by atoms with Crippen LogP contribution in [0.3, 0.4) is 0 Å². The number of hydrogen-bond donors (Lipinski definition) is 1. The largest absolute Gasteiger partial charge is 0.352 e. The van der Waals surface area contributed by atoms with Gasteiger partial charge in [-0.05, 0) is 68.3 Å². The van der Waals surface area contributed by atoms with Gasteiger partial charge in [-0.2, -0.15) is 0 Å². The molecule has 0 aliphatic carbocycles. The lowest BCUT2D eigenvalue weighted by molar-refractivity contribution is -0.139. The van der Waals surface area contributed by atoms with Gasteiger partial charge < -0.3 is 10.2 Å². The topological polar surface area (TPSA) is 86.8 Å². The fraction of sp³-hybridized carbons (Fsp3) is 0.286. The van der Waals surface area contributed by atoms with Gasteiger partial charge in [0.25, 0.3) is 10.0 Å². The summed E-state index contributed by atoms with van der Waals surface area (Å²) in [4.78, 5) is 28.4. The van der Waals surface area contributed by atoms with E-state index in [4.69, 9.17) is 23.2 Å². The highest BCUT2D eigenvalue weighted by Crippen LogP contribution is 2.33. The van der Waals surface area contributed by atoms with Crippen molar-refractivity contribution >= 4 is 66.7 Å². The molecule has 2 amide bonds. The third-order valence-corrected chi connectivity index (χ3v) is 9.08. The van der Waals surface area contributed by atoms with Crippen LogP contribution < -0.4 is 9.62 Å². The summed E-state index contributed by atoms with van der Waals surface area (Å²) >= 11 is 16.0. The van der Waals surface area contributed by atoms with Gasteiger partial charge in [0.1, 0.15) is 12.6 Å². The number of hydrogen-bond acceptors (Lipinski definition) is 4. The molecule has 11 heteroatoms. The minimum atomic E-state index is -4.23. The minimum Gasteiger partial charge on any atom is -0.352 e. The predicted molar refractivity (Wildman–Crippen MR) is 159 cm³/mol. The zero-order valence-electron chi connectivity index (χ0n) is 21.8. The highest BCUT2D eigenvalue weighted by atomic mass is 79.9. The van der Waals surface area contributed by atoms with Crippen molar-refractivity contribution in [1.29, 1.82) is 0 Å². The van der Waals surface area contributed by atoms with Gasteiger partial charge in [-0.3, -0.25) is 13.9 Å². The maximum atomic E-state index is 13.9. The van der Waals surface area contributed by atoms with Crippen LogP contribution in [0.1, 0.15) is 32.8 Å². The van der Waals surface area contributed by atoms with Crippen LogP contribution in [0.2, 0.25) is 10.0 Å². The lowest BCUT2D eigenvalue weighted by Gasteiger charge is -2.32. The van der Waals surface area contributed by atoms with E-state index in [9.17, 15) is 18.0 Å². The summed E-state index contributed by atoms with van der Waals surface area (Å²) in [6.07, 6.45) is 0.718. The molecule has 0 radical (unpaired) electrons. The Kier molecular flexibility index (Phi) is 10.8. The minimum absolute atomic E-state index is 0.0177. The highest BCUT2D eigenvalue weighted by Gasteiger charge is 2.33. The van der Waals surface area contributed by atoms with Crippen LogP contribution in [0.4, 0.5) is 5.69 Å². The fourth-order valence-electron chi connectivity index (χ4n) is 3.74. The van der Waals surface area contributed by atoms with Gasteiger partial charge in [-0.1, -0.05) is 76.4 Å². The number of rotatable bonds is 11. The molecule has 1 N–H and O–H groups in total. The summed E-state index contributed by atoms with van der Waals surface area (Å²) in [7, 11) is -4.23. The monoisotopic (exact) mass is 653 g/mol. The molecule has 0 bridgehead atoms. The van der Waals surface area contributed by atoms with Crippen molar-refractivity contribution in [2.45, 2.75) is 50.7 Å². The standard InChI is InChI=1S/C28H30BrCl2N3O4S/c1-4-19(2)32-28(36)20(3)33(17-21-10-12-22(29)13-11-21)27(35)18-34(26-16-23(30)14-15-25(26)31)39(37,38)24-8-6-5-7-9-24/h5-16,19-20H,4,17-18H2,1-3H3,(H,32,36)/t19-,20-/m1/s1. The van der Waals surface area contributed by atoms with Crippen LogP contribution in [0, 0.1) is 0 Å². The molecule has 3 rings (SSSR count). The molecule has 0 aliphatic rings. The molecule has 0 aliphatic heterocycles. The molecule has 2 atom stereocenters. The molecular weight excluding hydrogens is 625 g/mol. The summed E-state index contributed by atoms with van der Waals surface area (Å²) in [5, 5.41) is 3.26. The van der Waals surface area contributed by atoms with E-state index in [1.54, 1.807) is 25.1 Å². The summed E-state index contributed by atoms with van der Waals surface area (Å²) in [6, 6.07) is 18.5. The number of halogens is 3. The summed E-state index contributed by atoms with van der Waals surface area (Å²) < 4.78 is 29.4. The SMILES string of the molecule is CC[C@@H](C)NC(=O)[C@@H](C)N(Cc1ccc(Br)cc1)C(=O)CN(c1cc(Cl)ccc1Cl)S(=O)(=O)c1ccccc1. The van der Waals surface area contributed by atoms with Gasteiger partial charge in [0, 0.05) is 22.1 Å². The van der Waals surface area contributed by atoms with E-state index in [0.29, 0.717) is 0 Å². The van der Waals surface area contributed by atoms with Crippen molar-refractivity contribution in [3.8, 4) is 0 Å². The maximum Gasteiger partial charge on any atom is 0.264 e. The third kappa shape index (κ3) is 7.97. The first-order valence-corrected chi connectivity index (χ1v) is 15.3. The van der Waals surface area contributed by atoms with Crippen molar-refractivity contribution in [2.75, 3.05) is 10.8 Å². The van der Waals surface area contributed by atoms with Crippen molar-refractivity contribution in [3.63, 3.8) is 0 Å². The Bertz CT molecular complexity index is 1410. The Balaban J connectivity index is 2.05. The van der Waals surface area contributed by atoms with E-state index in [2.05, 4.69) is 21.2 Å². The zero-order valence-corrected chi connectivity index (χ0v) is 25.7. The second kappa shape index (κ2) is 13.7. The van der Waals surface area contributed by atoms with Gasteiger partial charge >= 0.3 is 0 Å². The molecule has 0 spiro atoms.